The Morgan fingerprint density at radius 1 is 1.26 bits per heavy atom. The zero-order chi connectivity index (χ0) is 18.8. The van der Waals surface area contributed by atoms with Crippen molar-refractivity contribution >= 4 is 28.3 Å². The molecule has 2 heterocycles. The van der Waals surface area contributed by atoms with Crippen molar-refractivity contribution in [3.63, 3.8) is 0 Å². The van der Waals surface area contributed by atoms with Gasteiger partial charge < -0.3 is 14.6 Å². The molecule has 1 fully saturated rings. The highest BCUT2D eigenvalue weighted by atomic mass is 16.5. The third-order valence-corrected chi connectivity index (χ3v) is 4.97. The lowest BCUT2D eigenvalue weighted by Gasteiger charge is -2.17. The lowest BCUT2D eigenvalue weighted by molar-refractivity contribution is -0.118. The number of Topliss-reactive ketones (excluding diaryl/α,β-unsaturated/α-hetero) is 1. The van der Waals surface area contributed by atoms with Crippen LogP contribution in [0.2, 0.25) is 0 Å². The van der Waals surface area contributed by atoms with Crippen molar-refractivity contribution in [1.29, 1.82) is 0 Å². The number of ketones is 1. The summed E-state index contributed by atoms with van der Waals surface area (Å²) < 4.78 is 5.24. The summed E-state index contributed by atoms with van der Waals surface area (Å²) in [6, 6.07) is 14.8. The third kappa shape index (κ3) is 3.31. The van der Waals surface area contributed by atoms with E-state index in [-0.39, 0.29) is 24.3 Å². The Labute approximate surface area is 157 Å². The number of rotatable bonds is 6. The maximum atomic E-state index is 12.7. The molecular formula is C21H21N3O3. The van der Waals surface area contributed by atoms with Crippen LogP contribution in [0.1, 0.15) is 16.8 Å². The van der Waals surface area contributed by atoms with Crippen LogP contribution in [0.4, 0.5) is 5.69 Å². The van der Waals surface area contributed by atoms with E-state index in [0.717, 1.165) is 16.6 Å². The number of H-pyrrole nitrogens is 1. The SMILES string of the molecule is COc1ccc2[nH]cc(C(=O)CNC3CCN(c4ccccc4)C3=O)c2c1. The summed E-state index contributed by atoms with van der Waals surface area (Å²) in [5, 5.41) is 3.95. The van der Waals surface area contributed by atoms with E-state index in [9.17, 15) is 9.59 Å². The van der Waals surface area contributed by atoms with Crippen LogP contribution >= 0.6 is 0 Å². The van der Waals surface area contributed by atoms with E-state index >= 15 is 0 Å². The summed E-state index contributed by atoms with van der Waals surface area (Å²) in [4.78, 5) is 30.2. The van der Waals surface area contributed by atoms with Crippen molar-refractivity contribution in [2.45, 2.75) is 12.5 Å². The van der Waals surface area contributed by atoms with Crippen molar-refractivity contribution in [1.82, 2.24) is 10.3 Å². The number of anilines is 1. The predicted molar refractivity (Wildman–Crippen MR) is 104 cm³/mol. The van der Waals surface area contributed by atoms with Gasteiger partial charge in [0.15, 0.2) is 5.78 Å². The molecule has 27 heavy (non-hydrogen) atoms. The zero-order valence-electron chi connectivity index (χ0n) is 15.1. The van der Waals surface area contributed by atoms with Gasteiger partial charge in [-0.3, -0.25) is 14.9 Å². The van der Waals surface area contributed by atoms with Crippen LogP contribution in [0.25, 0.3) is 10.9 Å². The van der Waals surface area contributed by atoms with Crippen LogP contribution in [-0.4, -0.2) is 42.9 Å². The summed E-state index contributed by atoms with van der Waals surface area (Å²) in [6.07, 6.45) is 2.39. The first kappa shape index (κ1) is 17.3. The number of hydrogen-bond donors (Lipinski definition) is 2. The lowest BCUT2D eigenvalue weighted by atomic mass is 10.1. The molecule has 1 atom stereocenters. The van der Waals surface area contributed by atoms with Gasteiger partial charge in [0.05, 0.1) is 19.7 Å². The van der Waals surface area contributed by atoms with Crippen molar-refractivity contribution in [3.8, 4) is 5.75 Å². The van der Waals surface area contributed by atoms with Gasteiger partial charge in [-0.2, -0.15) is 0 Å². The molecule has 2 aromatic carbocycles. The number of fused-ring (bicyclic) bond motifs is 1. The number of amides is 1. The molecule has 1 saturated heterocycles. The largest absolute Gasteiger partial charge is 0.497 e. The van der Waals surface area contributed by atoms with Crippen molar-refractivity contribution in [2.24, 2.45) is 0 Å². The molecule has 0 radical (unpaired) electrons. The fourth-order valence-corrected chi connectivity index (χ4v) is 3.50. The summed E-state index contributed by atoms with van der Waals surface area (Å²) in [6.45, 7) is 0.766. The standard InChI is InChI=1S/C21H21N3O3/c1-27-15-7-8-18-16(11-15)17(12-22-18)20(25)13-23-19-9-10-24(21(19)26)14-5-3-2-4-6-14/h2-8,11-12,19,22-23H,9-10,13H2,1H3. The number of ether oxygens (including phenoxy) is 1. The van der Waals surface area contributed by atoms with E-state index in [1.165, 1.54) is 0 Å². The molecule has 1 aliphatic rings. The van der Waals surface area contributed by atoms with E-state index in [0.29, 0.717) is 24.3 Å². The van der Waals surface area contributed by atoms with Gasteiger partial charge in [-0.15, -0.1) is 0 Å². The van der Waals surface area contributed by atoms with Gasteiger partial charge in [-0.25, -0.2) is 0 Å². The highest BCUT2D eigenvalue weighted by molar-refractivity contribution is 6.09. The Balaban J connectivity index is 1.43. The Morgan fingerprint density at radius 3 is 2.85 bits per heavy atom. The molecule has 0 saturated carbocycles. The molecule has 0 spiro atoms. The Morgan fingerprint density at radius 2 is 2.07 bits per heavy atom. The summed E-state index contributed by atoms with van der Waals surface area (Å²) >= 11 is 0. The molecule has 2 N–H and O–H groups in total. The van der Waals surface area contributed by atoms with E-state index in [2.05, 4.69) is 10.3 Å². The summed E-state index contributed by atoms with van der Waals surface area (Å²) in [5.41, 5.74) is 2.37. The Hall–Kier alpha value is -3.12. The van der Waals surface area contributed by atoms with Gasteiger partial charge in [0.2, 0.25) is 5.91 Å². The van der Waals surface area contributed by atoms with Crippen LogP contribution in [0.3, 0.4) is 0 Å². The molecule has 6 nitrogen and oxygen atoms in total. The molecule has 1 aromatic heterocycles. The van der Waals surface area contributed by atoms with Crippen molar-refractivity contribution in [2.75, 3.05) is 25.1 Å². The second kappa shape index (κ2) is 7.25. The molecule has 3 aromatic rings. The number of carbonyl (C=O) groups is 2. The first-order chi connectivity index (χ1) is 13.2. The first-order valence-electron chi connectivity index (χ1n) is 8.95. The fourth-order valence-electron chi connectivity index (χ4n) is 3.50. The number of para-hydroxylation sites is 1. The number of nitrogens with one attached hydrogen (secondary N) is 2. The number of hydrogen-bond acceptors (Lipinski definition) is 4. The second-order valence-electron chi connectivity index (χ2n) is 6.58. The molecule has 4 rings (SSSR count). The molecule has 1 aliphatic heterocycles. The van der Waals surface area contributed by atoms with E-state index < -0.39 is 0 Å². The van der Waals surface area contributed by atoms with E-state index in [1.54, 1.807) is 18.2 Å². The Kier molecular flexibility index (Phi) is 4.64. The maximum Gasteiger partial charge on any atom is 0.244 e. The molecule has 0 bridgehead atoms. The summed E-state index contributed by atoms with van der Waals surface area (Å²) in [7, 11) is 1.60. The van der Waals surface area contributed by atoms with Crippen LogP contribution in [-0.2, 0) is 4.79 Å². The topological polar surface area (TPSA) is 74.4 Å². The first-order valence-corrected chi connectivity index (χ1v) is 8.95. The van der Waals surface area contributed by atoms with Crippen LogP contribution in [0.15, 0.2) is 54.7 Å². The second-order valence-corrected chi connectivity index (χ2v) is 6.58. The number of carbonyl (C=O) groups excluding carboxylic acids is 2. The lowest BCUT2D eigenvalue weighted by Crippen LogP contribution is -2.40. The maximum absolute atomic E-state index is 12.7. The van der Waals surface area contributed by atoms with Crippen molar-refractivity contribution in [3.05, 3.63) is 60.3 Å². The van der Waals surface area contributed by atoms with Gasteiger partial charge >= 0.3 is 0 Å². The van der Waals surface area contributed by atoms with E-state index in [4.69, 9.17) is 4.74 Å². The number of aromatic nitrogens is 1. The van der Waals surface area contributed by atoms with Crippen molar-refractivity contribution < 1.29 is 14.3 Å². The monoisotopic (exact) mass is 363 g/mol. The molecule has 1 unspecified atom stereocenters. The van der Waals surface area contributed by atoms with Gasteiger partial charge in [0.25, 0.3) is 0 Å². The minimum atomic E-state index is -0.339. The number of methoxy groups -OCH3 is 1. The molecular weight excluding hydrogens is 342 g/mol. The van der Waals surface area contributed by atoms with Crippen LogP contribution in [0.5, 0.6) is 5.75 Å². The Bertz CT molecular complexity index is 981. The normalized spacial score (nSPS) is 16.9. The highest BCUT2D eigenvalue weighted by Gasteiger charge is 2.32. The average Bonchev–Trinajstić information content (AvgIpc) is 3.29. The van der Waals surface area contributed by atoms with Gasteiger partial charge in [0, 0.05) is 34.9 Å². The molecule has 138 valence electrons. The quantitative estimate of drug-likeness (QED) is 0.661. The highest BCUT2D eigenvalue weighted by Crippen LogP contribution is 2.24. The molecule has 1 amide bonds. The fraction of sp³-hybridized carbons (Fsp3) is 0.238. The third-order valence-electron chi connectivity index (χ3n) is 4.97. The molecule has 0 aliphatic carbocycles. The van der Waals surface area contributed by atoms with Gasteiger partial charge in [-0.1, -0.05) is 18.2 Å². The number of benzene rings is 2. The minimum absolute atomic E-state index is 0.00889. The van der Waals surface area contributed by atoms with Gasteiger partial charge in [-0.05, 0) is 36.8 Å². The zero-order valence-corrected chi connectivity index (χ0v) is 15.1. The minimum Gasteiger partial charge on any atom is -0.497 e. The van der Waals surface area contributed by atoms with Crippen LogP contribution < -0.4 is 15.0 Å². The predicted octanol–water partition coefficient (Wildman–Crippen LogP) is 2.75. The average molecular weight is 363 g/mol. The van der Waals surface area contributed by atoms with E-state index in [1.807, 2.05) is 48.5 Å². The van der Waals surface area contributed by atoms with Crippen LogP contribution in [0, 0.1) is 0 Å². The van der Waals surface area contributed by atoms with Gasteiger partial charge in [0.1, 0.15) is 5.75 Å². The number of aromatic amines is 1. The molecule has 6 heteroatoms. The smallest absolute Gasteiger partial charge is 0.244 e. The number of nitrogens with zero attached hydrogens (tertiary/aromatic N) is 1. The summed E-state index contributed by atoms with van der Waals surface area (Å²) in [5.74, 6) is 0.656.